The summed E-state index contributed by atoms with van der Waals surface area (Å²) < 4.78 is 0. The monoisotopic (exact) mass is 377 g/mol. The molecule has 2 atom stereocenters. The Hall–Kier alpha value is -1.56. The normalized spacial score (nSPS) is 28.4. The van der Waals surface area contributed by atoms with Crippen molar-refractivity contribution in [1.29, 1.82) is 0 Å². The van der Waals surface area contributed by atoms with Crippen LogP contribution < -0.4 is 16.4 Å². The van der Waals surface area contributed by atoms with Crippen LogP contribution in [-0.2, 0) is 0 Å². The lowest BCUT2D eigenvalue weighted by Gasteiger charge is -2.23. The Morgan fingerprint density at radius 3 is 2.48 bits per heavy atom. The predicted octanol–water partition coefficient (Wildman–Crippen LogP) is 3.60. The number of aromatic nitrogens is 2. The first-order chi connectivity index (χ1) is 11.8. The molecule has 132 valence electrons. The molecule has 4 rings (SSSR count). The van der Waals surface area contributed by atoms with E-state index in [1.165, 1.54) is 0 Å². The summed E-state index contributed by atoms with van der Waals surface area (Å²) in [6.07, 6.45) is 3.84. The highest BCUT2D eigenvalue weighted by molar-refractivity contribution is 6.43. The molecule has 1 aromatic heterocycles. The van der Waals surface area contributed by atoms with E-state index in [2.05, 4.69) is 21.8 Å². The van der Waals surface area contributed by atoms with Gasteiger partial charge in [-0.15, -0.1) is 0 Å². The minimum Gasteiger partial charge on any atom is -0.383 e. The summed E-state index contributed by atoms with van der Waals surface area (Å²) in [5.74, 6) is 2.31. The zero-order chi connectivity index (χ0) is 17.8. The maximum absolute atomic E-state index is 6.29. The van der Waals surface area contributed by atoms with Crippen molar-refractivity contribution < 1.29 is 0 Å². The third kappa shape index (κ3) is 3.05. The second-order valence-corrected chi connectivity index (χ2v) is 8.34. The van der Waals surface area contributed by atoms with E-state index in [-0.39, 0.29) is 5.54 Å². The van der Waals surface area contributed by atoms with E-state index in [4.69, 9.17) is 34.7 Å². The number of anilines is 2. The summed E-state index contributed by atoms with van der Waals surface area (Å²) in [7, 11) is 0. The van der Waals surface area contributed by atoms with Gasteiger partial charge in [0.15, 0.2) is 0 Å². The maximum atomic E-state index is 6.29. The van der Waals surface area contributed by atoms with Crippen LogP contribution in [0.5, 0.6) is 0 Å². The summed E-state index contributed by atoms with van der Waals surface area (Å²) >= 11 is 12.4. The second kappa shape index (κ2) is 6.01. The van der Waals surface area contributed by atoms with E-state index in [9.17, 15) is 0 Å². The SMILES string of the molecule is CC1(N)CC2CN(c3ncc(-c4cccc(Cl)c4Cl)c(N)n3)CC2C1. The van der Waals surface area contributed by atoms with E-state index in [0.29, 0.717) is 39.2 Å². The lowest BCUT2D eigenvalue weighted by atomic mass is 10.00. The van der Waals surface area contributed by atoms with Crippen LogP contribution in [0.15, 0.2) is 24.4 Å². The molecule has 2 aromatic rings. The predicted molar refractivity (Wildman–Crippen MR) is 103 cm³/mol. The number of hydrogen-bond acceptors (Lipinski definition) is 5. The van der Waals surface area contributed by atoms with Crippen molar-refractivity contribution in [3.8, 4) is 11.1 Å². The lowest BCUT2D eigenvalue weighted by Crippen LogP contribution is -2.35. The molecule has 2 fully saturated rings. The highest BCUT2D eigenvalue weighted by atomic mass is 35.5. The average molecular weight is 378 g/mol. The zero-order valence-corrected chi connectivity index (χ0v) is 15.6. The fraction of sp³-hybridized carbons (Fsp3) is 0.444. The summed E-state index contributed by atoms with van der Waals surface area (Å²) in [5, 5.41) is 0.949. The van der Waals surface area contributed by atoms with Gasteiger partial charge in [-0.1, -0.05) is 35.3 Å². The number of rotatable bonds is 2. The van der Waals surface area contributed by atoms with E-state index in [1.807, 2.05) is 12.1 Å². The number of benzene rings is 1. The molecule has 1 aliphatic carbocycles. The fourth-order valence-electron chi connectivity index (χ4n) is 4.30. The van der Waals surface area contributed by atoms with Gasteiger partial charge >= 0.3 is 0 Å². The molecule has 7 heteroatoms. The number of halogens is 2. The smallest absolute Gasteiger partial charge is 0.227 e. The Bertz CT molecular complexity index is 807. The van der Waals surface area contributed by atoms with Crippen molar-refractivity contribution in [1.82, 2.24) is 9.97 Å². The van der Waals surface area contributed by atoms with Gasteiger partial charge in [0.2, 0.25) is 5.95 Å². The summed E-state index contributed by atoms with van der Waals surface area (Å²) in [4.78, 5) is 11.3. The van der Waals surface area contributed by atoms with Crippen LogP contribution >= 0.6 is 23.2 Å². The van der Waals surface area contributed by atoms with E-state index in [1.54, 1.807) is 12.3 Å². The van der Waals surface area contributed by atoms with Gasteiger partial charge in [-0.3, -0.25) is 0 Å². The van der Waals surface area contributed by atoms with Crippen molar-refractivity contribution in [3.63, 3.8) is 0 Å². The summed E-state index contributed by atoms with van der Waals surface area (Å²) in [5.41, 5.74) is 13.9. The molecule has 5 nitrogen and oxygen atoms in total. The number of fused-ring (bicyclic) bond motifs is 1. The van der Waals surface area contributed by atoms with Gasteiger partial charge in [-0.05, 0) is 37.7 Å². The van der Waals surface area contributed by atoms with Gasteiger partial charge in [0.05, 0.1) is 10.0 Å². The Morgan fingerprint density at radius 1 is 1.16 bits per heavy atom. The molecule has 0 spiro atoms. The van der Waals surface area contributed by atoms with Gasteiger partial charge in [-0.2, -0.15) is 4.98 Å². The van der Waals surface area contributed by atoms with Crippen LogP contribution in [0.4, 0.5) is 11.8 Å². The third-order valence-corrected chi connectivity index (χ3v) is 6.18. The molecular formula is C18H21Cl2N5. The highest BCUT2D eigenvalue weighted by Crippen LogP contribution is 2.43. The first-order valence-electron chi connectivity index (χ1n) is 8.45. The van der Waals surface area contributed by atoms with Gasteiger partial charge in [0.1, 0.15) is 5.82 Å². The van der Waals surface area contributed by atoms with Gasteiger partial charge in [0, 0.05) is 36.0 Å². The molecule has 0 bridgehead atoms. The number of nitrogens with zero attached hydrogens (tertiary/aromatic N) is 3. The summed E-state index contributed by atoms with van der Waals surface area (Å²) in [6, 6.07) is 5.45. The minimum atomic E-state index is -0.0332. The van der Waals surface area contributed by atoms with Crippen molar-refractivity contribution in [2.45, 2.75) is 25.3 Å². The minimum absolute atomic E-state index is 0.0332. The number of nitrogens with two attached hydrogens (primary N) is 2. The molecule has 1 saturated carbocycles. The molecule has 4 N–H and O–H groups in total. The topological polar surface area (TPSA) is 81.1 Å². The Balaban J connectivity index is 1.58. The van der Waals surface area contributed by atoms with E-state index >= 15 is 0 Å². The molecule has 1 aliphatic heterocycles. The summed E-state index contributed by atoms with van der Waals surface area (Å²) in [6.45, 7) is 4.02. The van der Waals surface area contributed by atoms with Crippen molar-refractivity contribution in [3.05, 3.63) is 34.4 Å². The molecule has 0 amide bonds. The van der Waals surface area contributed by atoms with Crippen molar-refractivity contribution in [2.75, 3.05) is 23.7 Å². The van der Waals surface area contributed by atoms with Crippen LogP contribution in [0.2, 0.25) is 10.0 Å². The average Bonchev–Trinajstić information content (AvgIpc) is 3.04. The van der Waals surface area contributed by atoms with Crippen molar-refractivity contribution >= 4 is 35.0 Å². The van der Waals surface area contributed by atoms with Crippen LogP contribution in [-0.4, -0.2) is 28.6 Å². The Kier molecular flexibility index (Phi) is 4.06. The molecule has 2 heterocycles. The second-order valence-electron chi connectivity index (χ2n) is 7.56. The maximum Gasteiger partial charge on any atom is 0.227 e. The fourth-order valence-corrected chi connectivity index (χ4v) is 4.71. The standard InChI is InChI=1S/C18H21Cl2N5/c1-18(22)5-10-8-25(9-11(10)6-18)17-23-7-13(16(21)24-17)12-3-2-4-14(19)15(12)20/h2-4,7,10-11H,5-6,8-9,22H2,1H3,(H2,21,23,24). The quantitative estimate of drug-likeness (QED) is 0.835. The largest absolute Gasteiger partial charge is 0.383 e. The number of nitrogen functional groups attached to an aromatic ring is 1. The van der Waals surface area contributed by atoms with Gasteiger partial charge in [0.25, 0.3) is 0 Å². The molecule has 25 heavy (non-hydrogen) atoms. The van der Waals surface area contributed by atoms with E-state index < -0.39 is 0 Å². The highest BCUT2D eigenvalue weighted by Gasteiger charge is 2.45. The molecule has 0 radical (unpaired) electrons. The van der Waals surface area contributed by atoms with Crippen LogP contribution in [0, 0.1) is 11.8 Å². The van der Waals surface area contributed by atoms with Crippen molar-refractivity contribution in [2.24, 2.45) is 17.6 Å². The van der Waals surface area contributed by atoms with Crippen LogP contribution in [0.1, 0.15) is 19.8 Å². The number of hydrogen-bond donors (Lipinski definition) is 2. The van der Waals surface area contributed by atoms with Gasteiger partial charge < -0.3 is 16.4 Å². The Morgan fingerprint density at radius 2 is 1.84 bits per heavy atom. The third-order valence-electron chi connectivity index (χ3n) is 5.36. The molecule has 2 unspecified atom stereocenters. The first kappa shape index (κ1) is 16.9. The molecular weight excluding hydrogens is 357 g/mol. The van der Waals surface area contributed by atoms with Crippen LogP contribution in [0.3, 0.4) is 0 Å². The lowest BCUT2D eigenvalue weighted by molar-refractivity contribution is 0.449. The molecule has 1 aromatic carbocycles. The first-order valence-corrected chi connectivity index (χ1v) is 9.20. The van der Waals surface area contributed by atoms with Crippen LogP contribution in [0.25, 0.3) is 11.1 Å². The van der Waals surface area contributed by atoms with Gasteiger partial charge in [-0.25, -0.2) is 4.98 Å². The molecule has 1 saturated heterocycles. The Labute approximate surface area is 157 Å². The zero-order valence-electron chi connectivity index (χ0n) is 14.0. The van der Waals surface area contributed by atoms with E-state index in [0.717, 1.165) is 31.5 Å². The molecule has 2 aliphatic rings.